The minimum atomic E-state index is -1.55. The van der Waals surface area contributed by atoms with Crippen LogP contribution in [0.5, 0.6) is 0 Å². The average Bonchev–Trinajstić information content (AvgIpc) is 3.09. The third-order valence-electron chi connectivity index (χ3n) is 6.99. The number of ketones is 1. The lowest BCUT2D eigenvalue weighted by Crippen LogP contribution is -2.49. The number of anilines is 2. The number of carbonyl (C=O) groups excluding carboxylic acids is 1. The Morgan fingerprint density at radius 2 is 1.93 bits per heavy atom. The number of para-hydroxylation sites is 1. The van der Waals surface area contributed by atoms with Crippen molar-refractivity contribution in [1.29, 1.82) is 0 Å². The van der Waals surface area contributed by atoms with Gasteiger partial charge in [-0.2, -0.15) is 0 Å². The summed E-state index contributed by atoms with van der Waals surface area (Å²) >= 11 is 0. The number of nitrogens with zero attached hydrogens (tertiary/aromatic N) is 3. The van der Waals surface area contributed by atoms with E-state index in [1.165, 1.54) is 41.2 Å². The number of alkyl halides is 1. The van der Waals surface area contributed by atoms with E-state index in [1.54, 1.807) is 0 Å². The molecule has 0 bridgehead atoms. The van der Waals surface area contributed by atoms with Gasteiger partial charge in [-0.15, -0.1) is 0 Å². The summed E-state index contributed by atoms with van der Waals surface area (Å²) in [7, 11) is 2.15. The van der Waals surface area contributed by atoms with Crippen LogP contribution in [0.15, 0.2) is 42.5 Å². The topological polar surface area (TPSA) is 26.8 Å². The summed E-state index contributed by atoms with van der Waals surface area (Å²) in [6.45, 7) is 4.48. The number of hydrogen-bond acceptors (Lipinski definition) is 4. The van der Waals surface area contributed by atoms with Crippen molar-refractivity contribution in [2.24, 2.45) is 0 Å². The van der Waals surface area contributed by atoms with Crippen molar-refractivity contribution in [2.45, 2.75) is 31.0 Å². The molecule has 3 heterocycles. The SMILES string of the molecule is CN1CCN2c3c(cccc31)[C@@H]1CN(CCC(F)C(=O)c3ccc(F)cc3)CC[C@@H]12. The van der Waals surface area contributed by atoms with Crippen LogP contribution in [0.4, 0.5) is 20.2 Å². The predicted octanol–water partition coefficient (Wildman–Crippen LogP) is 3.86. The number of carbonyl (C=O) groups is 1. The normalized spacial score (nSPS) is 23.8. The summed E-state index contributed by atoms with van der Waals surface area (Å²) in [5.41, 5.74) is 4.34. The Bertz CT molecular complexity index is 948. The molecule has 6 heteroatoms. The summed E-state index contributed by atoms with van der Waals surface area (Å²) in [5.74, 6) is -0.541. The number of likely N-dealkylation sites (tertiary alicyclic amines) is 1. The zero-order valence-corrected chi connectivity index (χ0v) is 17.2. The molecule has 0 spiro atoms. The fourth-order valence-electron chi connectivity index (χ4n) is 5.40. The Morgan fingerprint density at radius 1 is 1.13 bits per heavy atom. The fraction of sp³-hybridized carbons (Fsp3) is 0.458. The van der Waals surface area contributed by atoms with Gasteiger partial charge in [-0.3, -0.25) is 4.79 Å². The van der Waals surface area contributed by atoms with Crippen molar-refractivity contribution < 1.29 is 13.6 Å². The van der Waals surface area contributed by atoms with Crippen molar-refractivity contribution in [1.82, 2.24) is 4.90 Å². The minimum Gasteiger partial charge on any atom is -0.371 e. The summed E-state index contributed by atoms with van der Waals surface area (Å²) in [5, 5.41) is 0. The third kappa shape index (κ3) is 3.27. The monoisotopic (exact) mass is 411 g/mol. The summed E-state index contributed by atoms with van der Waals surface area (Å²) < 4.78 is 27.6. The first-order chi connectivity index (χ1) is 14.5. The fourth-order valence-corrected chi connectivity index (χ4v) is 5.40. The predicted molar refractivity (Wildman–Crippen MR) is 115 cm³/mol. The smallest absolute Gasteiger partial charge is 0.196 e. The highest BCUT2D eigenvalue weighted by atomic mass is 19.1. The lowest BCUT2D eigenvalue weighted by molar-refractivity contribution is 0.0845. The first-order valence-corrected chi connectivity index (χ1v) is 10.8. The first kappa shape index (κ1) is 19.5. The molecular weight excluding hydrogens is 384 g/mol. The van der Waals surface area contributed by atoms with Gasteiger partial charge in [-0.05, 0) is 48.7 Å². The number of piperidine rings is 1. The van der Waals surface area contributed by atoms with Crippen molar-refractivity contribution in [3.63, 3.8) is 0 Å². The summed E-state index contributed by atoms with van der Waals surface area (Å²) in [6, 6.07) is 12.2. The van der Waals surface area contributed by atoms with Crippen LogP contribution in [0.2, 0.25) is 0 Å². The van der Waals surface area contributed by atoms with Gasteiger partial charge in [0.15, 0.2) is 12.0 Å². The minimum absolute atomic E-state index is 0.174. The largest absolute Gasteiger partial charge is 0.371 e. The second-order valence-electron chi connectivity index (χ2n) is 8.72. The molecule has 1 fully saturated rings. The number of Topliss-reactive ketones (excluding diaryl/α,β-unsaturated/α-hetero) is 1. The second-order valence-corrected chi connectivity index (χ2v) is 8.72. The third-order valence-corrected chi connectivity index (χ3v) is 6.99. The Kier molecular flexibility index (Phi) is 4.97. The molecule has 3 aliphatic rings. The van der Waals surface area contributed by atoms with Crippen molar-refractivity contribution in [3.8, 4) is 0 Å². The second kappa shape index (κ2) is 7.65. The molecule has 1 unspecified atom stereocenters. The van der Waals surface area contributed by atoms with E-state index in [-0.39, 0.29) is 12.0 Å². The Labute approximate surface area is 176 Å². The molecule has 158 valence electrons. The van der Waals surface area contributed by atoms with Gasteiger partial charge in [0, 0.05) is 57.3 Å². The number of likely N-dealkylation sites (N-methyl/N-ethyl adjacent to an activating group) is 1. The van der Waals surface area contributed by atoms with Crippen LogP contribution < -0.4 is 9.80 Å². The van der Waals surface area contributed by atoms with Gasteiger partial charge < -0.3 is 14.7 Å². The summed E-state index contributed by atoms with van der Waals surface area (Å²) in [6.07, 6.45) is -0.318. The van der Waals surface area contributed by atoms with Gasteiger partial charge in [0.25, 0.3) is 0 Å². The van der Waals surface area contributed by atoms with Crippen molar-refractivity contribution in [3.05, 3.63) is 59.4 Å². The molecule has 0 saturated carbocycles. The molecule has 2 aromatic carbocycles. The van der Waals surface area contributed by atoms with Crippen LogP contribution in [0.1, 0.15) is 34.7 Å². The zero-order valence-electron chi connectivity index (χ0n) is 17.2. The maximum atomic E-state index is 14.6. The van der Waals surface area contributed by atoms with Gasteiger partial charge in [-0.1, -0.05) is 12.1 Å². The summed E-state index contributed by atoms with van der Waals surface area (Å²) in [4.78, 5) is 19.5. The van der Waals surface area contributed by atoms with Gasteiger partial charge in [0.1, 0.15) is 5.82 Å². The highest BCUT2D eigenvalue weighted by Crippen LogP contribution is 2.50. The van der Waals surface area contributed by atoms with E-state index in [2.05, 4.69) is 39.9 Å². The zero-order chi connectivity index (χ0) is 20.8. The molecule has 3 aliphatic heterocycles. The van der Waals surface area contributed by atoms with E-state index in [9.17, 15) is 13.6 Å². The van der Waals surface area contributed by atoms with Crippen molar-refractivity contribution >= 4 is 17.2 Å². The van der Waals surface area contributed by atoms with E-state index < -0.39 is 17.8 Å². The van der Waals surface area contributed by atoms with Crippen LogP contribution in [-0.4, -0.2) is 62.7 Å². The molecule has 0 radical (unpaired) electrons. The maximum absolute atomic E-state index is 14.6. The molecule has 0 aromatic heterocycles. The molecule has 2 aromatic rings. The molecule has 4 nitrogen and oxygen atoms in total. The van der Waals surface area contributed by atoms with E-state index in [1.807, 2.05) is 0 Å². The molecule has 0 N–H and O–H groups in total. The number of benzene rings is 2. The number of hydrogen-bond donors (Lipinski definition) is 0. The standard InChI is InChI=1S/C24H27F2N3O/c1-27-13-14-29-21-10-12-28(15-19(21)18-3-2-4-22(27)23(18)29)11-9-20(26)24(30)16-5-7-17(25)8-6-16/h2-8,19-21H,9-15H2,1H3/t19-,20?,21-/m0/s1. The lowest BCUT2D eigenvalue weighted by Gasteiger charge is -2.41. The van der Waals surface area contributed by atoms with Crippen LogP contribution in [0, 0.1) is 5.82 Å². The van der Waals surface area contributed by atoms with Crippen LogP contribution >= 0.6 is 0 Å². The Morgan fingerprint density at radius 3 is 2.73 bits per heavy atom. The van der Waals surface area contributed by atoms with E-state index >= 15 is 0 Å². The Hall–Kier alpha value is -2.47. The molecular formula is C24H27F2N3O. The van der Waals surface area contributed by atoms with Gasteiger partial charge in [0.2, 0.25) is 0 Å². The van der Waals surface area contributed by atoms with Crippen molar-refractivity contribution in [2.75, 3.05) is 49.6 Å². The van der Waals surface area contributed by atoms with E-state index in [4.69, 9.17) is 0 Å². The molecule has 0 amide bonds. The Balaban J connectivity index is 1.25. The number of rotatable bonds is 5. The number of fused-ring (bicyclic) bond motifs is 3. The van der Waals surface area contributed by atoms with Gasteiger partial charge in [-0.25, -0.2) is 8.78 Å². The average molecular weight is 411 g/mol. The van der Waals surface area contributed by atoms with Gasteiger partial charge in [0.05, 0.1) is 11.4 Å². The molecule has 3 atom stereocenters. The molecule has 0 aliphatic carbocycles. The number of halogens is 2. The lowest BCUT2D eigenvalue weighted by atomic mass is 9.89. The van der Waals surface area contributed by atoms with Gasteiger partial charge >= 0.3 is 0 Å². The maximum Gasteiger partial charge on any atom is 0.196 e. The molecule has 5 rings (SSSR count). The quantitative estimate of drug-likeness (QED) is 0.698. The molecule has 30 heavy (non-hydrogen) atoms. The highest BCUT2D eigenvalue weighted by molar-refractivity contribution is 5.99. The van der Waals surface area contributed by atoms with E-state index in [0.29, 0.717) is 18.5 Å². The van der Waals surface area contributed by atoms with Crippen LogP contribution in [0.3, 0.4) is 0 Å². The molecule has 1 saturated heterocycles. The van der Waals surface area contributed by atoms with Crippen LogP contribution in [-0.2, 0) is 0 Å². The van der Waals surface area contributed by atoms with E-state index in [0.717, 1.165) is 32.6 Å². The highest BCUT2D eigenvalue weighted by Gasteiger charge is 2.44. The first-order valence-electron chi connectivity index (χ1n) is 10.8. The van der Waals surface area contributed by atoms with Crippen LogP contribution in [0.25, 0.3) is 0 Å².